The lowest BCUT2D eigenvalue weighted by Gasteiger charge is -2.35. The number of nitrogens with zero attached hydrogens (tertiary/aromatic N) is 3. The van der Waals surface area contributed by atoms with Gasteiger partial charge in [-0.15, -0.1) is 0 Å². The molecule has 0 aliphatic carbocycles. The average molecular weight is 397 g/mol. The summed E-state index contributed by atoms with van der Waals surface area (Å²) in [6.07, 6.45) is 1.70. The van der Waals surface area contributed by atoms with Crippen LogP contribution in [0.25, 0.3) is 0 Å². The first-order chi connectivity index (χ1) is 11.2. The number of anilines is 1. The first-order valence-corrected chi connectivity index (χ1v) is 8.85. The Hall–Kier alpha value is -1.30. The molecule has 4 nitrogen and oxygen atoms in total. The van der Waals surface area contributed by atoms with Crippen molar-refractivity contribution in [2.45, 2.75) is 0 Å². The maximum atomic E-state index is 5.89. The highest BCUT2D eigenvalue weighted by Crippen LogP contribution is 2.18. The minimum atomic E-state index is 0.678. The minimum absolute atomic E-state index is 0.678. The van der Waals surface area contributed by atoms with Gasteiger partial charge in [-0.05, 0) is 30.3 Å². The summed E-state index contributed by atoms with van der Waals surface area (Å²) in [6, 6.07) is 11.8. The van der Waals surface area contributed by atoms with Crippen LogP contribution < -0.4 is 9.64 Å². The first-order valence-electron chi connectivity index (χ1n) is 7.68. The van der Waals surface area contributed by atoms with Crippen LogP contribution in [0.1, 0.15) is 0 Å². The monoisotopic (exact) mass is 395 g/mol. The Morgan fingerprint density at radius 1 is 1.13 bits per heavy atom. The Morgan fingerprint density at radius 3 is 2.65 bits per heavy atom. The summed E-state index contributed by atoms with van der Waals surface area (Å²) in [5.74, 6) is 1.91. The van der Waals surface area contributed by atoms with Crippen LogP contribution in [0.4, 0.5) is 5.82 Å². The predicted molar refractivity (Wildman–Crippen MR) is 97.5 cm³/mol. The fourth-order valence-electron chi connectivity index (χ4n) is 2.61. The topological polar surface area (TPSA) is 28.6 Å². The van der Waals surface area contributed by atoms with Gasteiger partial charge < -0.3 is 9.64 Å². The summed E-state index contributed by atoms with van der Waals surface area (Å²) in [4.78, 5) is 9.10. The van der Waals surface area contributed by atoms with Gasteiger partial charge in [0.1, 0.15) is 18.2 Å². The van der Waals surface area contributed by atoms with Crippen LogP contribution in [-0.4, -0.2) is 49.2 Å². The van der Waals surface area contributed by atoms with Gasteiger partial charge in [0.2, 0.25) is 0 Å². The summed E-state index contributed by atoms with van der Waals surface area (Å²) in [5.41, 5.74) is 0. The van der Waals surface area contributed by atoms with Crippen LogP contribution in [-0.2, 0) is 0 Å². The number of halogens is 2. The van der Waals surface area contributed by atoms with Crippen molar-refractivity contribution in [2.24, 2.45) is 0 Å². The molecule has 1 aromatic heterocycles. The van der Waals surface area contributed by atoms with Crippen LogP contribution in [0.2, 0.25) is 5.02 Å². The van der Waals surface area contributed by atoms with Gasteiger partial charge in [0.15, 0.2) is 0 Å². The summed E-state index contributed by atoms with van der Waals surface area (Å²) in [7, 11) is 0. The molecule has 2 heterocycles. The van der Waals surface area contributed by atoms with Gasteiger partial charge in [0.25, 0.3) is 0 Å². The normalized spacial score (nSPS) is 15.7. The zero-order valence-corrected chi connectivity index (χ0v) is 15.1. The number of aromatic nitrogens is 1. The third-order valence-electron chi connectivity index (χ3n) is 3.88. The Morgan fingerprint density at radius 2 is 1.96 bits per heavy atom. The molecule has 23 heavy (non-hydrogen) atoms. The van der Waals surface area contributed by atoms with E-state index in [-0.39, 0.29) is 0 Å². The molecule has 0 bridgehead atoms. The Kier molecular flexibility index (Phi) is 5.75. The van der Waals surface area contributed by atoms with Crippen molar-refractivity contribution in [3.05, 3.63) is 52.1 Å². The zero-order valence-electron chi connectivity index (χ0n) is 12.8. The molecular formula is C17H19BrClN3O. The molecule has 3 rings (SSSR count). The van der Waals surface area contributed by atoms with E-state index in [9.17, 15) is 0 Å². The highest BCUT2D eigenvalue weighted by atomic mass is 79.9. The average Bonchev–Trinajstić information content (AvgIpc) is 2.56. The van der Waals surface area contributed by atoms with Gasteiger partial charge in [-0.3, -0.25) is 4.90 Å². The van der Waals surface area contributed by atoms with E-state index in [2.05, 4.69) is 30.7 Å². The number of ether oxygens (including phenoxy) is 1. The van der Waals surface area contributed by atoms with E-state index in [0.29, 0.717) is 11.6 Å². The highest BCUT2D eigenvalue weighted by molar-refractivity contribution is 9.10. The van der Waals surface area contributed by atoms with Crippen LogP contribution >= 0.6 is 27.5 Å². The van der Waals surface area contributed by atoms with Crippen molar-refractivity contribution in [3.8, 4) is 5.75 Å². The maximum Gasteiger partial charge on any atom is 0.128 e. The molecule has 1 saturated heterocycles. The van der Waals surface area contributed by atoms with Crippen molar-refractivity contribution in [2.75, 3.05) is 44.2 Å². The Labute approximate surface area is 150 Å². The van der Waals surface area contributed by atoms with Crippen LogP contribution in [0.3, 0.4) is 0 Å². The highest BCUT2D eigenvalue weighted by Gasteiger charge is 2.17. The summed E-state index contributed by atoms with van der Waals surface area (Å²) in [6.45, 7) is 5.64. The standard InChI is InChI=1S/C17H19BrClN3O/c18-14-2-1-3-16(12-14)23-11-10-21-6-8-22(9-7-21)17-5-4-15(19)13-20-17/h1-5,12-13H,6-11H2. The number of rotatable bonds is 5. The van der Waals surface area contributed by atoms with E-state index in [1.807, 2.05) is 36.4 Å². The van der Waals surface area contributed by atoms with Crippen LogP contribution in [0.5, 0.6) is 5.75 Å². The Bertz CT molecular complexity index is 630. The second-order valence-electron chi connectivity index (χ2n) is 5.47. The molecule has 0 N–H and O–H groups in total. The SMILES string of the molecule is Clc1ccc(N2CCN(CCOc3cccc(Br)c3)CC2)nc1. The van der Waals surface area contributed by atoms with E-state index in [1.165, 1.54) is 0 Å². The van der Waals surface area contributed by atoms with E-state index < -0.39 is 0 Å². The lowest BCUT2D eigenvalue weighted by atomic mass is 10.3. The molecule has 1 aromatic carbocycles. The largest absolute Gasteiger partial charge is 0.492 e. The van der Waals surface area contributed by atoms with Crippen molar-refractivity contribution in [1.29, 1.82) is 0 Å². The smallest absolute Gasteiger partial charge is 0.128 e. The third-order valence-corrected chi connectivity index (χ3v) is 4.60. The van der Waals surface area contributed by atoms with Crippen LogP contribution in [0, 0.1) is 0 Å². The molecule has 0 amide bonds. The van der Waals surface area contributed by atoms with Gasteiger partial charge in [-0.2, -0.15) is 0 Å². The quantitative estimate of drug-likeness (QED) is 0.770. The van der Waals surface area contributed by atoms with Crippen molar-refractivity contribution in [1.82, 2.24) is 9.88 Å². The van der Waals surface area contributed by atoms with Crippen molar-refractivity contribution >= 4 is 33.3 Å². The molecule has 0 atom stereocenters. The van der Waals surface area contributed by atoms with E-state index in [4.69, 9.17) is 16.3 Å². The lowest BCUT2D eigenvalue weighted by Crippen LogP contribution is -2.47. The number of hydrogen-bond acceptors (Lipinski definition) is 4. The molecule has 1 aliphatic heterocycles. The molecule has 0 radical (unpaired) electrons. The van der Waals surface area contributed by atoms with Gasteiger partial charge in [0, 0.05) is 43.4 Å². The zero-order chi connectivity index (χ0) is 16.1. The van der Waals surface area contributed by atoms with Crippen molar-refractivity contribution in [3.63, 3.8) is 0 Å². The maximum absolute atomic E-state index is 5.89. The molecule has 122 valence electrons. The second kappa shape index (κ2) is 7.99. The summed E-state index contributed by atoms with van der Waals surface area (Å²) >= 11 is 9.34. The molecule has 6 heteroatoms. The fraction of sp³-hybridized carbons (Fsp3) is 0.353. The second-order valence-corrected chi connectivity index (χ2v) is 6.82. The van der Waals surface area contributed by atoms with Crippen molar-refractivity contribution < 1.29 is 4.74 Å². The van der Waals surface area contributed by atoms with E-state index in [0.717, 1.165) is 48.8 Å². The minimum Gasteiger partial charge on any atom is -0.492 e. The van der Waals surface area contributed by atoms with Gasteiger partial charge in [-0.25, -0.2) is 4.98 Å². The van der Waals surface area contributed by atoms with Crippen LogP contribution in [0.15, 0.2) is 47.1 Å². The Balaban J connectivity index is 1.41. The molecule has 0 saturated carbocycles. The third kappa shape index (κ3) is 4.83. The van der Waals surface area contributed by atoms with Gasteiger partial charge >= 0.3 is 0 Å². The van der Waals surface area contributed by atoms with E-state index >= 15 is 0 Å². The summed E-state index contributed by atoms with van der Waals surface area (Å²) < 4.78 is 6.84. The molecule has 2 aromatic rings. The molecule has 0 spiro atoms. The summed E-state index contributed by atoms with van der Waals surface area (Å²) in [5, 5.41) is 0.678. The number of hydrogen-bond donors (Lipinski definition) is 0. The van der Waals surface area contributed by atoms with E-state index in [1.54, 1.807) is 6.20 Å². The van der Waals surface area contributed by atoms with Gasteiger partial charge in [-0.1, -0.05) is 33.6 Å². The number of benzene rings is 1. The molecule has 1 aliphatic rings. The first kappa shape index (κ1) is 16.6. The number of piperazine rings is 1. The number of pyridine rings is 1. The molecular weight excluding hydrogens is 378 g/mol. The lowest BCUT2D eigenvalue weighted by molar-refractivity contribution is 0.200. The molecule has 1 fully saturated rings. The molecule has 0 unspecified atom stereocenters. The fourth-order valence-corrected chi connectivity index (χ4v) is 3.10. The van der Waals surface area contributed by atoms with Gasteiger partial charge in [0.05, 0.1) is 5.02 Å². The predicted octanol–water partition coefficient (Wildman–Crippen LogP) is 3.70.